The number of oxime groups is 1. The number of hydrogen-bond acceptors (Lipinski definition) is 5. The summed E-state index contributed by atoms with van der Waals surface area (Å²) in [6.45, 7) is 6.17. The maximum atomic E-state index is 11.6. The van der Waals surface area contributed by atoms with E-state index in [2.05, 4.69) is 5.16 Å². The smallest absolute Gasteiger partial charge is 0.348 e. The first-order valence-corrected chi connectivity index (χ1v) is 7.14. The molecule has 0 bridgehead atoms. The highest BCUT2D eigenvalue weighted by Gasteiger charge is 2.13. The third kappa shape index (κ3) is 7.11. The summed E-state index contributed by atoms with van der Waals surface area (Å²) in [5, 5.41) is 4.55. The summed E-state index contributed by atoms with van der Waals surface area (Å²) in [5.74, 6) is -0.449. The summed E-state index contributed by atoms with van der Waals surface area (Å²) in [7, 11) is 1.88. The Labute approximate surface area is 142 Å². The molecule has 1 aromatic carbocycles. The van der Waals surface area contributed by atoms with Crippen LogP contribution in [0.5, 0.6) is 0 Å². The molecule has 0 aliphatic heterocycles. The van der Waals surface area contributed by atoms with E-state index in [1.54, 1.807) is 19.1 Å². The SMILES string of the molecule is CCN(C)C(C)OC(=O)CO/N=C(\C)c1ccc(Cl)cc1.Cl. The Morgan fingerprint density at radius 3 is 2.50 bits per heavy atom. The molecule has 1 rings (SSSR count). The van der Waals surface area contributed by atoms with Crippen LogP contribution in [0.25, 0.3) is 0 Å². The number of esters is 1. The fourth-order valence-corrected chi connectivity index (χ4v) is 1.62. The first-order chi connectivity index (χ1) is 9.93. The van der Waals surface area contributed by atoms with Crippen LogP contribution in [-0.4, -0.2) is 43.0 Å². The van der Waals surface area contributed by atoms with Crippen molar-refractivity contribution >= 4 is 35.7 Å². The lowest BCUT2D eigenvalue weighted by Crippen LogP contribution is -2.34. The number of hydrogen-bond donors (Lipinski definition) is 0. The summed E-state index contributed by atoms with van der Waals surface area (Å²) in [4.78, 5) is 18.5. The number of rotatable bonds is 7. The summed E-state index contributed by atoms with van der Waals surface area (Å²) in [6, 6.07) is 7.21. The minimum atomic E-state index is -0.449. The lowest BCUT2D eigenvalue weighted by Gasteiger charge is -2.22. The van der Waals surface area contributed by atoms with Crippen molar-refractivity contribution in [2.75, 3.05) is 20.2 Å². The molecule has 0 aliphatic carbocycles. The summed E-state index contributed by atoms with van der Waals surface area (Å²) in [6.07, 6.45) is -0.285. The van der Waals surface area contributed by atoms with Crippen molar-refractivity contribution in [2.45, 2.75) is 27.0 Å². The fraction of sp³-hybridized carbons (Fsp3) is 0.467. The van der Waals surface area contributed by atoms with E-state index in [0.717, 1.165) is 12.1 Å². The highest BCUT2D eigenvalue weighted by molar-refractivity contribution is 6.30. The van der Waals surface area contributed by atoms with Gasteiger partial charge in [-0.2, -0.15) is 0 Å². The van der Waals surface area contributed by atoms with Gasteiger partial charge in [-0.1, -0.05) is 35.8 Å². The Kier molecular flexibility index (Phi) is 9.81. The molecular weight excluding hydrogens is 327 g/mol. The van der Waals surface area contributed by atoms with Crippen LogP contribution >= 0.6 is 24.0 Å². The zero-order valence-electron chi connectivity index (χ0n) is 13.2. The average Bonchev–Trinajstić information content (AvgIpc) is 2.46. The summed E-state index contributed by atoms with van der Waals surface area (Å²) in [5.41, 5.74) is 1.55. The molecule has 5 nitrogen and oxygen atoms in total. The first-order valence-electron chi connectivity index (χ1n) is 6.76. The van der Waals surface area contributed by atoms with Gasteiger partial charge < -0.3 is 9.57 Å². The van der Waals surface area contributed by atoms with E-state index in [0.29, 0.717) is 10.7 Å². The van der Waals surface area contributed by atoms with Crippen LogP contribution in [0, 0.1) is 0 Å². The van der Waals surface area contributed by atoms with Gasteiger partial charge in [-0.3, -0.25) is 4.90 Å². The number of benzene rings is 1. The molecule has 0 spiro atoms. The molecule has 1 atom stereocenters. The van der Waals surface area contributed by atoms with Crippen molar-refractivity contribution in [1.29, 1.82) is 0 Å². The van der Waals surface area contributed by atoms with Gasteiger partial charge >= 0.3 is 5.97 Å². The van der Waals surface area contributed by atoms with Gasteiger partial charge in [-0.15, -0.1) is 12.4 Å². The zero-order chi connectivity index (χ0) is 15.8. The van der Waals surface area contributed by atoms with Crippen molar-refractivity contribution < 1.29 is 14.4 Å². The highest BCUT2D eigenvalue weighted by Crippen LogP contribution is 2.10. The van der Waals surface area contributed by atoms with E-state index in [9.17, 15) is 4.79 Å². The van der Waals surface area contributed by atoms with Gasteiger partial charge in [0.25, 0.3) is 0 Å². The monoisotopic (exact) mass is 348 g/mol. The quantitative estimate of drug-likeness (QED) is 0.328. The van der Waals surface area contributed by atoms with Gasteiger partial charge in [0, 0.05) is 5.02 Å². The third-order valence-electron chi connectivity index (χ3n) is 3.07. The zero-order valence-corrected chi connectivity index (χ0v) is 14.8. The topological polar surface area (TPSA) is 51.1 Å². The Balaban J connectivity index is 0.00000441. The second-order valence-corrected chi connectivity index (χ2v) is 5.06. The molecular formula is C15H22Cl2N2O3. The van der Waals surface area contributed by atoms with Gasteiger partial charge in [0.05, 0.1) is 5.71 Å². The molecule has 1 aromatic rings. The van der Waals surface area contributed by atoms with Gasteiger partial charge in [0.1, 0.15) is 0 Å². The lowest BCUT2D eigenvalue weighted by atomic mass is 10.1. The minimum Gasteiger partial charge on any atom is -0.444 e. The van der Waals surface area contributed by atoms with Gasteiger partial charge in [-0.05, 0) is 45.1 Å². The van der Waals surface area contributed by atoms with Crippen LogP contribution in [0.4, 0.5) is 0 Å². The molecule has 0 fully saturated rings. The van der Waals surface area contributed by atoms with Crippen molar-refractivity contribution in [3.8, 4) is 0 Å². The van der Waals surface area contributed by atoms with E-state index >= 15 is 0 Å². The second kappa shape index (κ2) is 10.4. The van der Waals surface area contributed by atoms with Crippen molar-refractivity contribution in [2.24, 2.45) is 5.16 Å². The second-order valence-electron chi connectivity index (χ2n) is 4.62. The van der Waals surface area contributed by atoms with E-state index < -0.39 is 5.97 Å². The predicted molar refractivity (Wildman–Crippen MR) is 90.7 cm³/mol. The van der Waals surface area contributed by atoms with E-state index in [4.69, 9.17) is 21.2 Å². The maximum Gasteiger partial charge on any atom is 0.348 e. The summed E-state index contributed by atoms with van der Waals surface area (Å²) >= 11 is 5.81. The Bertz CT molecular complexity index is 492. The maximum absolute atomic E-state index is 11.6. The fourth-order valence-electron chi connectivity index (χ4n) is 1.50. The molecule has 0 aromatic heterocycles. The van der Waals surface area contributed by atoms with E-state index in [1.807, 2.05) is 37.9 Å². The van der Waals surface area contributed by atoms with Crippen LogP contribution in [0.2, 0.25) is 5.02 Å². The van der Waals surface area contributed by atoms with Crippen LogP contribution in [0.15, 0.2) is 29.4 Å². The molecule has 0 amide bonds. The minimum absolute atomic E-state index is 0. The van der Waals surface area contributed by atoms with Crippen LogP contribution in [0.1, 0.15) is 26.3 Å². The number of halogens is 2. The van der Waals surface area contributed by atoms with Gasteiger partial charge in [-0.25, -0.2) is 4.79 Å². The number of ether oxygens (including phenoxy) is 1. The van der Waals surface area contributed by atoms with Crippen LogP contribution in [-0.2, 0) is 14.4 Å². The standard InChI is InChI=1S/C15H21ClN2O3.ClH/c1-5-18(4)12(3)21-15(19)10-20-17-11(2)13-6-8-14(16)9-7-13;/h6-9,12H,5,10H2,1-4H3;1H/b17-11+;. The molecule has 124 valence electrons. The summed E-state index contributed by atoms with van der Waals surface area (Å²) < 4.78 is 5.18. The van der Waals surface area contributed by atoms with Crippen LogP contribution < -0.4 is 0 Å². The molecule has 0 N–H and O–H groups in total. The van der Waals surface area contributed by atoms with Crippen molar-refractivity contribution in [1.82, 2.24) is 4.90 Å². The molecule has 0 saturated heterocycles. The van der Waals surface area contributed by atoms with Gasteiger partial charge in [0.15, 0.2) is 6.23 Å². The highest BCUT2D eigenvalue weighted by atomic mass is 35.5. The Morgan fingerprint density at radius 1 is 1.36 bits per heavy atom. The molecule has 0 saturated carbocycles. The molecule has 22 heavy (non-hydrogen) atoms. The van der Waals surface area contributed by atoms with Gasteiger partial charge in [0.2, 0.25) is 6.61 Å². The van der Waals surface area contributed by atoms with Crippen LogP contribution in [0.3, 0.4) is 0 Å². The molecule has 0 aliphatic rings. The number of nitrogens with zero attached hydrogens (tertiary/aromatic N) is 2. The predicted octanol–water partition coefficient (Wildman–Crippen LogP) is 3.34. The molecule has 0 radical (unpaired) electrons. The van der Waals surface area contributed by atoms with E-state index in [1.165, 1.54) is 0 Å². The molecule has 1 unspecified atom stereocenters. The molecule has 7 heteroatoms. The number of carbonyl (C=O) groups is 1. The van der Waals surface area contributed by atoms with Crippen molar-refractivity contribution in [3.63, 3.8) is 0 Å². The number of carbonyl (C=O) groups excluding carboxylic acids is 1. The third-order valence-corrected chi connectivity index (χ3v) is 3.32. The average molecular weight is 349 g/mol. The van der Waals surface area contributed by atoms with Crippen molar-refractivity contribution in [3.05, 3.63) is 34.9 Å². The Hall–Kier alpha value is -1.30. The first kappa shape index (κ1) is 20.7. The largest absolute Gasteiger partial charge is 0.444 e. The Morgan fingerprint density at radius 2 is 1.95 bits per heavy atom. The normalized spacial score (nSPS) is 12.5. The van der Waals surface area contributed by atoms with E-state index in [-0.39, 0.29) is 25.2 Å². The lowest BCUT2D eigenvalue weighted by molar-refractivity contribution is -0.161. The molecule has 0 heterocycles.